The molecule has 0 spiro atoms. The van der Waals surface area contributed by atoms with Gasteiger partial charge in [-0.05, 0) is 42.5 Å². The third-order valence-corrected chi connectivity index (χ3v) is 6.02. The number of quaternary nitrogens is 1. The van der Waals surface area contributed by atoms with Crippen LogP contribution in [-0.2, 0) is 9.59 Å². The van der Waals surface area contributed by atoms with Gasteiger partial charge in [-0.1, -0.05) is 23.2 Å². The lowest BCUT2D eigenvalue weighted by atomic mass is 10.1. The summed E-state index contributed by atoms with van der Waals surface area (Å²) in [5.74, 6) is 0.443. The third kappa shape index (κ3) is 4.06. The van der Waals surface area contributed by atoms with Crippen molar-refractivity contribution < 1.29 is 19.2 Å². The van der Waals surface area contributed by atoms with Crippen molar-refractivity contribution in [2.75, 3.05) is 43.1 Å². The summed E-state index contributed by atoms with van der Waals surface area (Å²) in [5.41, 5.74) is 1.57. The number of nitrogens with one attached hydrogen (secondary N) is 1. The van der Waals surface area contributed by atoms with Gasteiger partial charge >= 0.3 is 0 Å². The predicted octanol–water partition coefficient (Wildman–Crippen LogP) is 2.04. The fraction of sp³-hybridized carbons (Fsp3) is 0.333. The van der Waals surface area contributed by atoms with E-state index in [0.29, 0.717) is 15.7 Å². The number of piperazine rings is 1. The highest BCUT2D eigenvalue weighted by Crippen LogP contribution is 2.29. The van der Waals surface area contributed by atoms with Gasteiger partial charge < -0.3 is 14.5 Å². The number of anilines is 2. The lowest BCUT2D eigenvalue weighted by Crippen LogP contribution is -3.19. The lowest BCUT2D eigenvalue weighted by Gasteiger charge is -2.35. The molecule has 0 radical (unpaired) electrons. The molecule has 6 nitrogen and oxygen atoms in total. The molecule has 0 unspecified atom stereocenters. The zero-order chi connectivity index (χ0) is 20.5. The molecule has 2 aromatic rings. The highest BCUT2D eigenvalue weighted by molar-refractivity contribution is 6.35. The van der Waals surface area contributed by atoms with Crippen molar-refractivity contribution in [3.05, 3.63) is 52.5 Å². The van der Waals surface area contributed by atoms with E-state index in [2.05, 4.69) is 4.90 Å². The lowest BCUT2D eigenvalue weighted by molar-refractivity contribution is -0.915. The van der Waals surface area contributed by atoms with E-state index in [0.717, 1.165) is 42.5 Å². The SMILES string of the molecule is COc1ccc(N2CC[NH+]([C@@H]3CC(=O)N(c4cc(Cl)cc(Cl)c4)C3=O)CC2)cc1. The molecule has 4 rings (SSSR count). The third-order valence-electron chi connectivity index (χ3n) is 5.59. The Morgan fingerprint density at radius 3 is 2.17 bits per heavy atom. The van der Waals surface area contributed by atoms with Gasteiger partial charge in [0.15, 0.2) is 6.04 Å². The number of hydrogen-bond acceptors (Lipinski definition) is 4. The molecule has 2 aliphatic heterocycles. The molecule has 2 saturated heterocycles. The first-order valence-electron chi connectivity index (χ1n) is 9.53. The van der Waals surface area contributed by atoms with E-state index < -0.39 is 0 Å². The van der Waals surface area contributed by atoms with E-state index >= 15 is 0 Å². The number of hydrogen-bond donors (Lipinski definition) is 1. The number of rotatable bonds is 4. The maximum absolute atomic E-state index is 13.0. The first-order valence-corrected chi connectivity index (χ1v) is 10.3. The molecule has 2 aromatic carbocycles. The van der Waals surface area contributed by atoms with E-state index in [4.69, 9.17) is 27.9 Å². The Balaban J connectivity index is 1.43. The highest BCUT2D eigenvalue weighted by Gasteiger charge is 2.46. The summed E-state index contributed by atoms with van der Waals surface area (Å²) in [6.45, 7) is 3.23. The number of carbonyl (C=O) groups excluding carboxylic acids is 2. The smallest absolute Gasteiger partial charge is 0.292 e. The van der Waals surface area contributed by atoms with Gasteiger partial charge in [-0.2, -0.15) is 0 Å². The van der Waals surface area contributed by atoms with Crippen LogP contribution in [0.3, 0.4) is 0 Å². The molecule has 152 valence electrons. The van der Waals surface area contributed by atoms with Crippen molar-refractivity contribution in [3.8, 4) is 5.75 Å². The van der Waals surface area contributed by atoms with Crippen molar-refractivity contribution >= 4 is 46.4 Å². The molecule has 29 heavy (non-hydrogen) atoms. The van der Waals surface area contributed by atoms with Crippen molar-refractivity contribution in [1.29, 1.82) is 0 Å². The molecular formula is C21H22Cl2N3O3+. The van der Waals surface area contributed by atoms with Crippen molar-refractivity contribution in [2.24, 2.45) is 0 Å². The molecule has 0 bridgehead atoms. The summed E-state index contributed by atoms with van der Waals surface area (Å²) >= 11 is 12.1. The first-order chi connectivity index (χ1) is 14.0. The van der Waals surface area contributed by atoms with E-state index in [-0.39, 0.29) is 24.3 Å². The summed E-state index contributed by atoms with van der Waals surface area (Å²) in [6.07, 6.45) is 0.209. The highest BCUT2D eigenvalue weighted by atomic mass is 35.5. The molecule has 0 aromatic heterocycles. The Morgan fingerprint density at radius 2 is 1.59 bits per heavy atom. The minimum absolute atomic E-state index is 0.179. The summed E-state index contributed by atoms with van der Waals surface area (Å²) in [7, 11) is 1.65. The van der Waals surface area contributed by atoms with Crippen molar-refractivity contribution in [3.63, 3.8) is 0 Å². The van der Waals surface area contributed by atoms with Crippen molar-refractivity contribution in [1.82, 2.24) is 0 Å². The van der Waals surface area contributed by atoms with Gasteiger partial charge in [0, 0.05) is 15.7 Å². The average molecular weight is 435 g/mol. The normalized spacial score (nSPS) is 20.4. The van der Waals surface area contributed by atoms with Crippen LogP contribution in [0.2, 0.25) is 10.0 Å². The molecule has 2 amide bonds. The van der Waals surface area contributed by atoms with Crippen molar-refractivity contribution in [2.45, 2.75) is 12.5 Å². The van der Waals surface area contributed by atoms with Gasteiger partial charge in [0.05, 0.1) is 45.4 Å². The number of amides is 2. The molecule has 2 heterocycles. The van der Waals surface area contributed by atoms with Crippen LogP contribution in [0.4, 0.5) is 11.4 Å². The van der Waals surface area contributed by atoms with Crippen LogP contribution < -0.4 is 19.4 Å². The van der Waals surface area contributed by atoms with Gasteiger partial charge in [-0.15, -0.1) is 0 Å². The topological polar surface area (TPSA) is 54.3 Å². The Hall–Kier alpha value is -2.28. The first kappa shape index (κ1) is 20.0. The number of nitrogens with zero attached hydrogens (tertiary/aromatic N) is 2. The van der Waals surface area contributed by atoms with Crippen LogP contribution in [-0.4, -0.2) is 51.1 Å². The number of halogens is 2. The second-order valence-electron chi connectivity index (χ2n) is 7.30. The van der Waals surface area contributed by atoms with Gasteiger partial charge in [-0.3, -0.25) is 9.59 Å². The number of imide groups is 1. The predicted molar refractivity (Wildman–Crippen MR) is 113 cm³/mol. The minimum atomic E-state index is -0.363. The standard InChI is InChI=1S/C21H21Cl2N3O3/c1-29-18-4-2-16(3-5-18)24-6-8-25(9-7-24)19-13-20(27)26(21(19)28)17-11-14(22)10-15(23)12-17/h2-5,10-12,19H,6-9,13H2,1H3/p+1/t19-/m1/s1. The largest absolute Gasteiger partial charge is 0.497 e. The molecule has 2 aliphatic rings. The fourth-order valence-corrected chi connectivity index (χ4v) is 4.60. The molecule has 2 fully saturated rings. The Kier molecular flexibility index (Phi) is 5.67. The van der Waals surface area contributed by atoms with Gasteiger partial charge in [0.1, 0.15) is 5.75 Å². The zero-order valence-corrected chi connectivity index (χ0v) is 17.5. The summed E-state index contributed by atoms with van der Waals surface area (Å²) in [5, 5.41) is 0.800. The Morgan fingerprint density at radius 1 is 0.966 bits per heavy atom. The number of ether oxygens (including phenoxy) is 1. The Labute approximate surface area is 179 Å². The molecular weight excluding hydrogens is 413 g/mol. The second kappa shape index (κ2) is 8.22. The van der Waals surface area contributed by atoms with Gasteiger partial charge in [0.2, 0.25) is 5.91 Å². The quantitative estimate of drug-likeness (QED) is 0.748. The van der Waals surface area contributed by atoms with E-state index in [1.54, 1.807) is 25.3 Å². The minimum Gasteiger partial charge on any atom is -0.497 e. The summed E-state index contributed by atoms with van der Waals surface area (Å²) in [6, 6.07) is 12.4. The second-order valence-corrected chi connectivity index (χ2v) is 8.17. The van der Waals surface area contributed by atoms with Crippen LogP contribution in [0.5, 0.6) is 5.75 Å². The van der Waals surface area contributed by atoms with Crippen LogP contribution in [0.1, 0.15) is 6.42 Å². The summed E-state index contributed by atoms with van der Waals surface area (Å²) in [4.78, 5) is 30.3. The maximum Gasteiger partial charge on any atom is 0.292 e. The summed E-state index contributed by atoms with van der Waals surface area (Å²) < 4.78 is 5.21. The Bertz CT molecular complexity index is 907. The van der Waals surface area contributed by atoms with Crippen LogP contribution in [0, 0.1) is 0 Å². The maximum atomic E-state index is 13.0. The average Bonchev–Trinajstić information content (AvgIpc) is 3.01. The molecule has 0 saturated carbocycles. The van der Waals surface area contributed by atoms with Gasteiger partial charge in [-0.25, -0.2) is 4.90 Å². The van der Waals surface area contributed by atoms with E-state index in [1.807, 2.05) is 24.3 Å². The van der Waals surface area contributed by atoms with E-state index in [9.17, 15) is 9.59 Å². The van der Waals surface area contributed by atoms with Crippen LogP contribution >= 0.6 is 23.2 Å². The number of carbonyl (C=O) groups is 2. The monoisotopic (exact) mass is 434 g/mol. The van der Waals surface area contributed by atoms with Crippen LogP contribution in [0.25, 0.3) is 0 Å². The van der Waals surface area contributed by atoms with Gasteiger partial charge in [0.25, 0.3) is 5.91 Å². The van der Waals surface area contributed by atoms with E-state index in [1.165, 1.54) is 4.90 Å². The zero-order valence-electron chi connectivity index (χ0n) is 16.0. The number of benzene rings is 2. The molecule has 1 N–H and O–H groups in total. The molecule has 1 atom stereocenters. The molecule has 0 aliphatic carbocycles. The fourth-order valence-electron chi connectivity index (χ4n) is 4.08. The number of methoxy groups -OCH3 is 1. The molecule has 8 heteroatoms. The van der Waals surface area contributed by atoms with Crippen LogP contribution in [0.15, 0.2) is 42.5 Å².